The number of amides is 2. The molecule has 0 unspecified atom stereocenters. The van der Waals surface area contributed by atoms with Crippen molar-refractivity contribution in [3.05, 3.63) is 64.2 Å². The van der Waals surface area contributed by atoms with Gasteiger partial charge in [-0.2, -0.15) is 0 Å². The minimum Gasteiger partial charge on any atom is -0.352 e. The molecule has 0 heterocycles. The van der Waals surface area contributed by atoms with Gasteiger partial charge in [-0.1, -0.05) is 68.1 Å². The van der Waals surface area contributed by atoms with E-state index >= 15 is 0 Å². The molecule has 1 fully saturated rings. The van der Waals surface area contributed by atoms with Gasteiger partial charge in [-0.05, 0) is 61.9 Å². The van der Waals surface area contributed by atoms with Crippen molar-refractivity contribution >= 4 is 39.1 Å². The fraction of sp³-hybridized carbons (Fsp3) is 0.500. The van der Waals surface area contributed by atoms with Crippen LogP contribution in [0.4, 0.5) is 5.69 Å². The fourth-order valence-electron chi connectivity index (χ4n) is 4.90. The summed E-state index contributed by atoms with van der Waals surface area (Å²) in [6, 6.07) is 12.0. The molecule has 2 aromatic rings. The van der Waals surface area contributed by atoms with Gasteiger partial charge in [0, 0.05) is 17.6 Å². The predicted molar refractivity (Wildman–Crippen MR) is 149 cm³/mol. The van der Waals surface area contributed by atoms with Gasteiger partial charge in [-0.25, -0.2) is 8.42 Å². The zero-order valence-corrected chi connectivity index (χ0v) is 23.7. The first-order valence-electron chi connectivity index (χ1n) is 12.9. The van der Waals surface area contributed by atoms with Gasteiger partial charge >= 0.3 is 0 Å². The number of anilines is 1. The van der Waals surface area contributed by atoms with Crippen LogP contribution < -0.4 is 9.62 Å². The van der Waals surface area contributed by atoms with Crippen molar-refractivity contribution in [1.29, 1.82) is 0 Å². The number of carbonyl (C=O) groups excluding carboxylic acids is 2. The van der Waals surface area contributed by atoms with Gasteiger partial charge in [0.2, 0.25) is 21.8 Å². The Balaban J connectivity index is 1.95. The number of hydrogen-bond acceptors (Lipinski definition) is 4. The van der Waals surface area contributed by atoms with Crippen LogP contribution in [-0.4, -0.2) is 50.0 Å². The summed E-state index contributed by atoms with van der Waals surface area (Å²) in [4.78, 5) is 28.9. The van der Waals surface area contributed by atoms with Crippen LogP contribution >= 0.6 is 11.6 Å². The van der Waals surface area contributed by atoms with Crippen molar-refractivity contribution < 1.29 is 18.0 Å². The number of nitrogens with one attached hydrogen (secondary N) is 1. The lowest BCUT2D eigenvalue weighted by molar-refractivity contribution is -0.140. The summed E-state index contributed by atoms with van der Waals surface area (Å²) in [5.41, 5.74) is 2.81. The molecule has 0 radical (unpaired) electrons. The van der Waals surface area contributed by atoms with Crippen LogP contribution in [-0.2, 0) is 26.2 Å². The first kappa shape index (κ1) is 29.0. The number of rotatable bonds is 10. The van der Waals surface area contributed by atoms with Gasteiger partial charge in [0.25, 0.3) is 0 Å². The van der Waals surface area contributed by atoms with E-state index in [1.807, 2.05) is 38.1 Å². The van der Waals surface area contributed by atoms with Gasteiger partial charge in [-0.3, -0.25) is 13.9 Å². The van der Waals surface area contributed by atoms with E-state index in [0.717, 1.165) is 47.4 Å². The maximum absolute atomic E-state index is 13.9. The molecule has 0 spiro atoms. The second-order valence-corrected chi connectivity index (χ2v) is 12.2. The van der Waals surface area contributed by atoms with E-state index in [9.17, 15) is 18.0 Å². The SMILES string of the molecule is CC[C@@H](C(=O)NC1CCCCC1)N(Cc1ccccc1C)C(=O)CN(c1cccc(Cl)c1C)S(C)(=O)=O. The molecule has 1 aliphatic carbocycles. The first-order valence-corrected chi connectivity index (χ1v) is 15.1. The molecule has 2 amide bonds. The minimum atomic E-state index is -3.82. The Morgan fingerprint density at radius 2 is 1.73 bits per heavy atom. The third-order valence-electron chi connectivity index (χ3n) is 7.13. The average molecular weight is 548 g/mol. The molecule has 37 heavy (non-hydrogen) atoms. The van der Waals surface area contributed by atoms with Crippen molar-refractivity contribution in [3.63, 3.8) is 0 Å². The molecule has 0 aromatic heterocycles. The summed E-state index contributed by atoms with van der Waals surface area (Å²) < 4.78 is 26.7. The summed E-state index contributed by atoms with van der Waals surface area (Å²) in [7, 11) is -3.82. The van der Waals surface area contributed by atoms with Gasteiger partial charge in [0.1, 0.15) is 12.6 Å². The van der Waals surface area contributed by atoms with E-state index in [2.05, 4.69) is 5.32 Å². The molecule has 1 aliphatic rings. The fourth-order valence-corrected chi connectivity index (χ4v) is 5.97. The summed E-state index contributed by atoms with van der Waals surface area (Å²) in [6.45, 7) is 5.32. The molecule has 1 saturated carbocycles. The lowest BCUT2D eigenvalue weighted by Crippen LogP contribution is -2.54. The highest BCUT2D eigenvalue weighted by atomic mass is 35.5. The number of aryl methyl sites for hydroxylation is 1. The van der Waals surface area contributed by atoms with E-state index in [4.69, 9.17) is 11.6 Å². The average Bonchev–Trinajstić information content (AvgIpc) is 2.85. The lowest BCUT2D eigenvalue weighted by atomic mass is 9.95. The molecule has 3 rings (SSSR count). The van der Waals surface area contributed by atoms with E-state index in [1.165, 1.54) is 11.3 Å². The van der Waals surface area contributed by atoms with Crippen LogP contribution in [0.1, 0.15) is 62.1 Å². The first-order chi connectivity index (χ1) is 17.5. The third kappa shape index (κ3) is 7.48. The van der Waals surface area contributed by atoms with Crippen LogP contribution in [0.15, 0.2) is 42.5 Å². The molecule has 0 aliphatic heterocycles. The summed E-state index contributed by atoms with van der Waals surface area (Å²) >= 11 is 6.27. The Hall–Kier alpha value is -2.58. The van der Waals surface area contributed by atoms with Crippen LogP contribution in [0.3, 0.4) is 0 Å². The normalized spacial score (nSPS) is 15.2. The number of hydrogen-bond donors (Lipinski definition) is 1. The van der Waals surface area contributed by atoms with Gasteiger partial charge in [0.05, 0.1) is 11.9 Å². The topological polar surface area (TPSA) is 86.8 Å². The molecule has 1 atom stereocenters. The standard InChI is InChI=1S/C28H38ClN3O4S/c1-5-25(28(34)30-23-14-7-6-8-15-23)31(18-22-13-10-9-12-20(22)2)27(33)19-32(37(4,35)36)26-17-11-16-24(29)21(26)3/h9-13,16-17,23,25H,5-8,14-15,18-19H2,1-4H3,(H,30,34)/t25-/m0/s1. The highest BCUT2D eigenvalue weighted by molar-refractivity contribution is 7.92. The number of benzene rings is 2. The molecule has 1 N–H and O–H groups in total. The molecule has 9 heteroatoms. The number of nitrogens with zero attached hydrogens (tertiary/aromatic N) is 2. The van der Waals surface area contributed by atoms with Crippen LogP contribution in [0.25, 0.3) is 0 Å². The van der Waals surface area contributed by atoms with Crippen molar-refractivity contribution in [3.8, 4) is 0 Å². The van der Waals surface area contributed by atoms with Gasteiger partial charge in [0.15, 0.2) is 0 Å². The van der Waals surface area contributed by atoms with Crippen molar-refractivity contribution in [1.82, 2.24) is 10.2 Å². The monoisotopic (exact) mass is 547 g/mol. The van der Waals surface area contributed by atoms with Crippen LogP contribution in [0, 0.1) is 13.8 Å². The Kier molecular flexibility index (Phi) is 10.0. The quantitative estimate of drug-likeness (QED) is 0.454. The van der Waals surface area contributed by atoms with Crippen molar-refractivity contribution in [2.24, 2.45) is 0 Å². The maximum atomic E-state index is 13.9. The predicted octanol–water partition coefficient (Wildman–Crippen LogP) is 4.98. The summed E-state index contributed by atoms with van der Waals surface area (Å²) in [5, 5.41) is 3.57. The Morgan fingerprint density at radius 1 is 1.05 bits per heavy atom. The molecule has 7 nitrogen and oxygen atoms in total. The van der Waals surface area contributed by atoms with Crippen LogP contribution in [0.5, 0.6) is 0 Å². The molecular formula is C28H38ClN3O4S. The van der Waals surface area contributed by atoms with Crippen molar-refractivity contribution in [2.45, 2.75) is 77.9 Å². The summed E-state index contributed by atoms with van der Waals surface area (Å²) in [5.74, 6) is -0.639. The molecule has 202 valence electrons. The van der Waals surface area contributed by atoms with E-state index in [-0.39, 0.29) is 18.5 Å². The highest BCUT2D eigenvalue weighted by Crippen LogP contribution is 2.29. The van der Waals surface area contributed by atoms with E-state index < -0.39 is 28.5 Å². The summed E-state index contributed by atoms with van der Waals surface area (Å²) in [6.07, 6.45) is 6.68. The Labute approximate surface area is 226 Å². The zero-order chi connectivity index (χ0) is 27.2. The van der Waals surface area contributed by atoms with Crippen LogP contribution in [0.2, 0.25) is 5.02 Å². The Bertz CT molecular complexity index is 1210. The molecule has 2 aromatic carbocycles. The third-order valence-corrected chi connectivity index (χ3v) is 8.66. The molecule has 0 saturated heterocycles. The van der Waals surface area contributed by atoms with Gasteiger partial charge in [-0.15, -0.1) is 0 Å². The smallest absolute Gasteiger partial charge is 0.244 e. The van der Waals surface area contributed by atoms with Crippen molar-refractivity contribution in [2.75, 3.05) is 17.1 Å². The second kappa shape index (κ2) is 12.8. The number of sulfonamides is 1. The lowest BCUT2D eigenvalue weighted by Gasteiger charge is -2.34. The molecule has 0 bridgehead atoms. The zero-order valence-electron chi connectivity index (χ0n) is 22.2. The van der Waals surface area contributed by atoms with E-state index in [1.54, 1.807) is 25.1 Å². The number of carbonyl (C=O) groups is 2. The van der Waals surface area contributed by atoms with E-state index in [0.29, 0.717) is 22.7 Å². The highest BCUT2D eigenvalue weighted by Gasteiger charge is 2.33. The largest absolute Gasteiger partial charge is 0.352 e. The minimum absolute atomic E-state index is 0.104. The number of halogens is 1. The molecular weight excluding hydrogens is 510 g/mol. The maximum Gasteiger partial charge on any atom is 0.244 e. The Morgan fingerprint density at radius 3 is 2.35 bits per heavy atom. The van der Waals surface area contributed by atoms with Gasteiger partial charge < -0.3 is 10.2 Å². The second-order valence-electron chi connectivity index (χ2n) is 9.87.